The lowest BCUT2D eigenvalue weighted by Gasteiger charge is -2.09. The van der Waals surface area contributed by atoms with Gasteiger partial charge in [-0.15, -0.1) is 0 Å². The van der Waals surface area contributed by atoms with Crippen molar-refractivity contribution in [1.29, 1.82) is 0 Å². The molecule has 2 aromatic heterocycles. The van der Waals surface area contributed by atoms with Gasteiger partial charge in [-0.2, -0.15) is 5.10 Å². The Morgan fingerprint density at radius 2 is 1.77 bits per heavy atom. The lowest BCUT2D eigenvalue weighted by atomic mass is 10.1. The van der Waals surface area contributed by atoms with Gasteiger partial charge in [0.2, 0.25) is 0 Å². The zero-order valence-electron chi connectivity index (χ0n) is 11.9. The van der Waals surface area contributed by atoms with Crippen molar-refractivity contribution < 1.29 is 0 Å². The first-order valence-electron chi connectivity index (χ1n) is 7.13. The van der Waals surface area contributed by atoms with E-state index in [1.807, 2.05) is 54.6 Å². The number of nitrogen functional groups attached to an aromatic ring is 1. The van der Waals surface area contributed by atoms with Crippen molar-refractivity contribution in [3.05, 3.63) is 60.3 Å². The molecule has 0 amide bonds. The summed E-state index contributed by atoms with van der Waals surface area (Å²) in [5, 5.41) is 12.5. The molecule has 0 saturated heterocycles. The van der Waals surface area contributed by atoms with Crippen LogP contribution in [-0.2, 0) is 6.54 Å². The molecule has 5 nitrogen and oxygen atoms in total. The zero-order chi connectivity index (χ0) is 14.9. The van der Waals surface area contributed by atoms with Crippen molar-refractivity contribution in [1.82, 2.24) is 15.2 Å². The first-order chi connectivity index (χ1) is 10.8. The molecule has 2 heterocycles. The number of rotatable bonds is 3. The number of nitrogens with zero attached hydrogens (tertiary/aromatic N) is 2. The van der Waals surface area contributed by atoms with E-state index in [0.29, 0.717) is 12.4 Å². The first kappa shape index (κ1) is 12.6. The van der Waals surface area contributed by atoms with Gasteiger partial charge >= 0.3 is 0 Å². The topological polar surface area (TPSA) is 79.6 Å². The Balaban J connectivity index is 1.83. The summed E-state index contributed by atoms with van der Waals surface area (Å²) in [7, 11) is 0. The molecule has 5 heteroatoms. The van der Waals surface area contributed by atoms with Gasteiger partial charge in [-0.1, -0.05) is 36.4 Å². The molecule has 4 N–H and O–H groups in total. The lowest BCUT2D eigenvalue weighted by Crippen LogP contribution is -2.03. The molecular formula is C17H15N5. The molecule has 4 aromatic rings. The summed E-state index contributed by atoms with van der Waals surface area (Å²) in [6.45, 7) is 0.592. The monoisotopic (exact) mass is 289 g/mol. The molecule has 0 aliphatic rings. The number of fused-ring (bicyclic) bond motifs is 3. The number of benzene rings is 2. The Labute approximate surface area is 127 Å². The van der Waals surface area contributed by atoms with Crippen molar-refractivity contribution in [2.45, 2.75) is 6.54 Å². The number of hydrogen-bond donors (Lipinski definition) is 3. The van der Waals surface area contributed by atoms with Crippen LogP contribution in [0.3, 0.4) is 0 Å². The van der Waals surface area contributed by atoms with E-state index >= 15 is 0 Å². The number of para-hydroxylation sites is 2. The highest BCUT2D eigenvalue weighted by molar-refractivity contribution is 6.07. The molecule has 0 spiro atoms. The summed E-state index contributed by atoms with van der Waals surface area (Å²) in [6.07, 6.45) is 0. The minimum Gasteiger partial charge on any atom is -0.382 e. The van der Waals surface area contributed by atoms with Crippen LogP contribution in [0, 0.1) is 0 Å². The third-order valence-corrected chi connectivity index (χ3v) is 3.75. The minimum atomic E-state index is 0.484. The van der Waals surface area contributed by atoms with Gasteiger partial charge in [-0.25, -0.2) is 0 Å². The molecular weight excluding hydrogens is 274 g/mol. The van der Waals surface area contributed by atoms with Gasteiger partial charge in [0.15, 0.2) is 5.82 Å². The van der Waals surface area contributed by atoms with Gasteiger partial charge < -0.3 is 11.1 Å². The number of pyridine rings is 1. The smallest absolute Gasteiger partial charge is 0.155 e. The fraction of sp³-hybridized carbons (Fsp3) is 0.0588. The molecule has 0 radical (unpaired) electrons. The Hall–Kier alpha value is -3.08. The highest BCUT2D eigenvalue weighted by Gasteiger charge is 2.13. The van der Waals surface area contributed by atoms with Crippen LogP contribution in [0.15, 0.2) is 54.6 Å². The van der Waals surface area contributed by atoms with E-state index in [9.17, 15) is 0 Å². The Morgan fingerprint density at radius 3 is 2.64 bits per heavy atom. The third kappa shape index (κ3) is 2.03. The van der Waals surface area contributed by atoms with Crippen LogP contribution in [0.5, 0.6) is 0 Å². The largest absolute Gasteiger partial charge is 0.382 e. The van der Waals surface area contributed by atoms with E-state index in [2.05, 4.69) is 15.5 Å². The van der Waals surface area contributed by atoms with Crippen molar-refractivity contribution in [2.24, 2.45) is 0 Å². The highest BCUT2D eigenvalue weighted by Crippen LogP contribution is 2.28. The predicted molar refractivity (Wildman–Crippen MR) is 89.6 cm³/mol. The Kier molecular flexibility index (Phi) is 2.89. The summed E-state index contributed by atoms with van der Waals surface area (Å²) in [6, 6.07) is 18.0. The van der Waals surface area contributed by atoms with E-state index in [1.54, 1.807) is 0 Å². The van der Waals surface area contributed by atoms with Crippen LogP contribution in [0.25, 0.3) is 21.8 Å². The maximum atomic E-state index is 6.03. The number of hydrogen-bond acceptors (Lipinski definition) is 4. The number of aromatic nitrogens is 3. The third-order valence-electron chi connectivity index (χ3n) is 3.75. The molecule has 0 bridgehead atoms. The molecule has 108 valence electrons. The van der Waals surface area contributed by atoms with E-state index in [0.717, 1.165) is 33.2 Å². The molecule has 22 heavy (non-hydrogen) atoms. The summed E-state index contributed by atoms with van der Waals surface area (Å²) in [5.41, 5.74) is 9.84. The number of aromatic amines is 1. The normalized spacial score (nSPS) is 11.1. The average Bonchev–Trinajstić information content (AvgIpc) is 2.96. The second-order valence-electron chi connectivity index (χ2n) is 5.15. The molecule has 0 atom stereocenters. The summed E-state index contributed by atoms with van der Waals surface area (Å²) in [5.74, 6) is 0.484. The van der Waals surface area contributed by atoms with Crippen molar-refractivity contribution >= 4 is 33.3 Å². The average molecular weight is 289 g/mol. The minimum absolute atomic E-state index is 0.484. The van der Waals surface area contributed by atoms with E-state index in [1.165, 1.54) is 0 Å². The van der Waals surface area contributed by atoms with Crippen molar-refractivity contribution in [3.8, 4) is 0 Å². The number of nitrogens with one attached hydrogen (secondary N) is 2. The summed E-state index contributed by atoms with van der Waals surface area (Å²) in [4.78, 5) is 4.75. The SMILES string of the molecule is Nc1n[nH]c2c1c(CNc1ccccc1)nc1ccccc12. The Bertz CT molecular complexity index is 943. The van der Waals surface area contributed by atoms with Crippen molar-refractivity contribution in [3.63, 3.8) is 0 Å². The quantitative estimate of drug-likeness (QED) is 0.540. The standard InChI is InChI=1S/C17H15N5/c18-17-15-14(10-19-11-6-2-1-3-7-11)20-13-9-5-4-8-12(13)16(15)21-22-17/h1-9,19H,10H2,(H3,18,21,22). The predicted octanol–water partition coefficient (Wildman–Crippen LogP) is 3.31. The molecule has 0 aliphatic carbocycles. The van der Waals surface area contributed by atoms with Crippen LogP contribution in [0.4, 0.5) is 11.5 Å². The zero-order valence-corrected chi connectivity index (χ0v) is 11.9. The maximum Gasteiger partial charge on any atom is 0.155 e. The van der Waals surface area contributed by atoms with Crippen LogP contribution in [-0.4, -0.2) is 15.2 Å². The van der Waals surface area contributed by atoms with Gasteiger partial charge in [0.25, 0.3) is 0 Å². The molecule has 0 unspecified atom stereocenters. The number of anilines is 2. The number of H-pyrrole nitrogens is 1. The maximum absolute atomic E-state index is 6.03. The van der Waals surface area contributed by atoms with Crippen LogP contribution in [0.2, 0.25) is 0 Å². The fourth-order valence-corrected chi connectivity index (χ4v) is 2.70. The second-order valence-corrected chi connectivity index (χ2v) is 5.15. The second kappa shape index (κ2) is 5.04. The molecule has 0 fully saturated rings. The number of nitrogens with two attached hydrogens (primary N) is 1. The Morgan fingerprint density at radius 1 is 1.00 bits per heavy atom. The van der Waals surface area contributed by atoms with Crippen LogP contribution in [0.1, 0.15) is 5.69 Å². The van der Waals surface area contributed by atoms with Gasteiger partial charge in [0.05, 0.1) is 28.7 Å². The van der Waals surface area contributed by atoms with E-state index in [-0.39, 0.29) is 0 Å². The molecule has 0 aliphatic heterocycles. The van der Waals surface area contributed by atoms with Crippen LogP contribution >= 0.6 is 0 Å². The lowest BCUT2D eigenvalue weighted by molar-refractivity contribution is 1.09. The van der Waals surface area contributed by atoms with E-state index < -0.39 is 0 Å². The van der Waals surface area contributed by atoms with Gasteiger partial charge in [-0.3, -0.25) is 10.1 Å². The van der Waals surface area contributed by atoms with E-state index in [4.69, 9.17) is 10.7 Å². The molecule has 2 aromatic carbocycles. The molecule has 4 rings (SSSR count). The van der Waals surface area contributed by atoms with Crippen molar-refractivity contribution in [2.75, 3.05) is 11.1 Å². The van der Waals surface area contributed by atoms with Gasteiger partial charge in [0, 0.05) is 11.1 Å². The first-order valence-corrected chi connectivity index (χ1v) is 7.13. The summed E-state index contributed by atoms with van der Waals surface area (Å²) >= 11 is 0. The van der Waals surface area contributed by atoms with Gasteiger partial charge in [0.1, 0.15) is 0 Å². The molecule has 0 saturated carbocycles. The fourth-order valence-electron chi connectivity index (χ4n) is 2.70. The van der Waals surface area contributed by atoms with Crippen LogP contribution < -0.4 is 11.1 Å². The highest BCUT2D eigenvalue weighted by atomic mass is 15.2. The summed E-state index contributed by atoms with van der Waals surface area (Å²) < 4.78 is 0. The van der Waals surface area contributed by atoms with Gasteiger partial charge in [-0.05, 0) is 18.2 Å².